The van der Waals surface area contributed by atoms with Crippen LogP contribution in [0.2, 0.25) is 0 Å². The highest BCUT2D eigenvalue weighted by Gasteiger charge is 2.21. The number of benzene rings is 2. The number of piperazine rings is 1. The number of hydrogen-bond acceptors (Lipinski definition) is 3. The maximum absolute atomic E-state index is 12.5. The van der Waals surface area contributed by atoms with Crippen LogP contribution in [-0.2, 0) is 6.42 Å². The van der Waals surface area contributed by atoms with Gasteiger partial charge in [-0.05, 0) is 62.2 Å². The Labute approximate surface area is 161 Å². The number of nitrogens with zero attached hydrogens (tertiary/aromatic N) is 2. The van der Waals surface area contributed by atoms with Gasteiger partial charge in [0.05, 0.1) is 6.10 Å². The van der Waals surface area contributed by atoms with Crippen LogP contribution in [0.25, 0.3) is 0 Å². The van der Waals surface area contributed by atoms with Gasteiger partial charge in [0, 0.05) is 37.6 Å². The van der Waals surface area contributed by atoms with Crippen LogP contribution in [-0.4, -0.2) is 43.2 Å². The predicted molar refractivity (Wildman–Crippen MR) is 111 cm³/mol. The first kappa shape index (κ1) is 19.1. The molecule has 1 saturated heterocycles. The average molecular weight is 367 g/mol. The van der Waals surface area contributed by atoms with Gasteiger partial charge in [-0.15, -0.1) is 0 Å². The van der Waals surface area contributed by atoms with Gasteiger partial charge in [-0.3, -0.25) is 0 Å². The Balaban J connectivity index is 1.51. The molecule has 0 spiro atoms. The Hall–Kier alpha value is -2.69. The summed E-state index contributed by atoms with van der Waals surface area (Å²) in [6.07, 6.45) is 1.18. The molecule has 5 heteroatoms. The van der Waals surface area contributed by atoms with Gasteiger partial charge in [0.15, 0.2) is 0 Å². The Kier molecular flexibility index (Phi) is 6.22. The smallest absolute Gasteiger partial charge is 0.321 e. The highest BCUT2D eigenvalue weighted by atomic mass is 16.5. The predicted octanol–water partition coefficient (Wildman–Crippen LogP) is 4.39. The van der Waals surface area contributed by atoms with Gasteiger partial charge in [-0.2, -0.15) is 0 Å². The second-order valence-corrected chi connectivity index (χ2v) is 7.12. The van der Waals surface area contributed by atoms with Crippen molar-refractivity contribution >= 4 is 17.4 Å². The minimum atomic E-state index is -0.0282. The van der Waals surface area contributed by atoms with Gasteiger partial charge in [-0.1, -0.05) is 19.1 Å². The zero-order chi connectivity index (χ0) is 19.2. The van der Waals surface area contributed by atoms with E-state index in [1.807, 2.05) is 43.0 Å². The summed E-state index contributed by atoms with van der Waals surface area (Å²) >= 11 is 0. The number of nitrogens with one attached hydrogen (secondary N) is 1. The molecule has 1 heterocycles. The quantitative estimate of drug-likeness (QED) is 0.852. The van der Waals surface area contributed by atoms with E-state index in [4.69, 9.17) is 4.74 Å². The van der Waals surface area contributed by atoms with Crippen LogP contribution in [0.3, 0.4) is 0 Å². The first-order valence-corrected chi connectivity index (χ1v) is 9.71. The summed E-state index contributed by atoms with van der Waals surface area (Å²) < 4.78 is 5.70. The number of hydrogen-bond donors (Lipinski definition) is 1. The third kappa shape index (κ3) is 5.16. The van der Waals surface area contributed by atoms with E-state index >= 15 is 0 Å². The number of ether oxygens (including phenoxy) is 1. The van der Waals surface area contributed by atoms with Gasteiger partial charge < -0.3 is 19.9 Å². The molecule has 2 aromatic carbocycles. The highest BCUT2D eigenvalue weighted by Crippen LogP contribution is 2.22. The van der Waals surface area contributed by atoms with Gasteiger partial charge in [0.1, 0.15) is 5.75 Å². The molecule has 2 aromatic rings. The van der Waals surface area contributed by atoms with E-state index in [0.717, 1.165) is 30.9 Å². The summed E-state index contributed by atoms with van der Waals surface area (Å²) in [5, 5.41) is 3.00. The summed E-state index contributed by atoms with van der Waals surface area (Å²) in [6, 6.07) is 16.2. The maximum atomic E-state index is 12.5. The second-order valence-electron chi connectivity index (χ2n) is 7.12. The zero-order valence-electron chi connectivity index (χ0n) is 16.4. The Morgan fingerprint density at radius 1 is 1.00 bits per heavy atom. The van der Waals surface area contributed by atoms with Crippen molar-refractivity contribution < 1.29 is 9.53 Å². The molecule has 3 rings (SSSR count). The number of rotatable bonds is 5. The van der Waals surface area contributed by atoms with Gasteiger partial charge in [0.2, 0.25) is 0 Å². The van der Waals surface area contributed by atoms with Crippen LogP contribution in [0.15, 0.2) is 48.5 Å². The topological polar surface area (TPSA) is 44.8 Å². The third-order valence-corrected chi connectivity index (χ3v) is 4.75. The molecule has 2 amide bonds. The van der Waals surface area contributed by atoms with Crippen LogP contribution in [0.4, 0.5) is 16.2 Å². The fourth-order valence-corrected chi connectivity index (χ4v) is 3.20. The number of carbonyl (C=O) groups is 1. The summed E-state index contributed by atoms with van der Waals surface area (Å²) in [5.41, 5.74) is 3.29. The molecule has 1 aliphatic rings. The maximum Gasteiger partial charge on any atom is 0.321 e. The van der Waals surface area contributed by atoms with Crippen LogP contribution >= 0.6 is 0 Å². The number of urea groups is 1. The van der Waals surface area contributed by atoms with Gasteiger partial charge >= 0.3 is 6.03 Å². The van der Waals surface area contributed by atoms with Crippen molar-refractivity contribution in [2.24, 2.45) is 0 Å². The van der Waals surface area contributed by atoms with E-state index in [0.29, 0.717) is 13.1 Å². The van der Waals surface area contributed by atoms with Crippen molar-refractivity contribution in [3.8, 4) is 5.75 Å². The van der Waals surface area contributed by atoms with Crippen molar-refractivity contribution in [3.63, 3.8) is 0 Å². The molecule has 27 heavy (non-hydrogen) atoms. The largest absolute Gasteiger partial charge is 0.491 e. The molecule has 5 nitrogen and oxygen atoms in total. The van der Waals surface area contributed by atoms with E-state index in [1.54, 1.807) is 0 Å². The van der Waals surface area contributed by atoms with Crippen LogP contribution < -0.4 is 15.0 Å². The summed E-state index contributed by atoms with van der Waals surface area (Å²) in [5.74, 6) is 0.890. The fourth-order valence-electron chi connectivity index (χ4n) is 3.20. The summed E-state index contributed by atoms with van der Waals surface area (Å²) in [4.78, 5) is 16.7. The van der Waals surface area contributed by atoms with Crippen LogP contribution in [0, 0.1) is 0 Å². The zero-order valence-corrected chi connectivity index (χ0v) is 16.4. The standard InChI is InChI=1S/C22H29N3O2/c1-4-18-5-7-19(8-6-18)23-22(26)25-15-13-24(14-16-25)20-9-11-21(12-10-20)27-17(2)3/h5-12,17H,4,13-16H2,1-3H3,(H,23,26). The number of carbonyl (C=O) groups excluding carboxylic acids is 1. The molecule has 0 saturated carbocycles. The Morgan fingerprint density at radius 3 is 2.19 bits per heavy atom. The van der Waals surface area contributed by atoms with E-state index in [1.165, 1.54) is 11.3 Å². The molecule has 0 unspecified atom stereocenters. The normalized spacial score (nSPS) is 14.4. The Morgan fingerprint density at radius 2 is 1.63 bits per heavy atom. The lowest BCUT2D eigenvalue weighted by Crippen LogP contribution is -2.50. The lowest BCUT2D eigenvalue weighted by atomic mass is 10.1. The van der Waals surface area contributed by atoms with E-state index < -0.39 is 0 Å². The fraction of sp³-hybridized carbons (Fsp3) is 0.409. The average Bonchev–Trinajstić information content (AvgIpc) is 2.69. The molecule has 1 fully saturated rings. The Bertz CT molecular complexity index is 733. The van der Waals surface area contributed by atoms with Crippen molar-refractivity contribution in [2.45, 2.75) is 33.3 Å². The lowest BCUT2D eigenvalue weighted by molar-refractivity contribution is 0.208. The summed E-state index contributed by atoms with van der Waals surface area (Å²) in [7, 11) is 0. The molecule has 144 valence electrons. The first-order chi connectivity index (χ1) is 13.0. The van der Waals surface area contributed by atoms with Crippen LogP contribution in [0.1, 0.15) is 26.3 Å². The third-order valence-electron chi connectivity index (χ3n) is 4.75. The van der Waals surface area contributed by atoms with Crippen molar-refractivity contribution in [1.82, 2.24) is 4.90 Å². The molecular formula is C22H29N3O2. The van der Waals surface area contributed by atoms with Crippen LogP contribution in [0.5, 0.6) is 5.75 Å². The molecule has 0 radical (unpaired) electrons. The molecule has 0 aliphatic carbocycles. The summed E-state index contributed by atoms with van der Waals surface area (Å²) in [6.45, 7) is 9.25. The SMILES string of the molecule is CCc1ccc(NC(=O)N2CCN(c3ccc(OC(C)C)cc3)CC2)cc1. The number of aryl methyl sites for hydroxylation is 1. The molecule has 0 bridgehead atoms. The number of amides is 2. The second kappa shape index (κ2) is 8.80. The molecule has 1 aliphatic heterocycles. The van der Waals surface area contributed by atoms with Gasteiger partial charge in [0.25, 0.3) is 0 Å². The highest BCUT2D eigenvalue weighted by molar-refractivity contribution is 5.89. The monoisotopic (exact) mass is 367 g/mol. The first-order valence-electron chi connectivity index (χ1n) is 9.71. The minimum Gasteiger partial charge on any atom is -0.491 e. The number of anilines is 2. The van der Waals surface area contributed by atoms with E-state index in [-0.39, 0.29) is 12.1 Å². The van der Waals surface area contributed by atoms with Crippen molar-refractivity contribution in [3.05, 3.63) is 54.1 Å². The lowest BCUT2D eigenvalue weighted by Gasteiger charge is -2.36. The van der Waals surface area contributed by atoms with Crippen molar-refractivity contribution in [1.29, 1.82) is 0 Å². The van der Waals surface area contributed by atoms with E-state index in [2.05, 4.69) is 41.4 Å². The van der Waals surface area contributed by atoms with Crippen molar-refractivity contribution in [2.75, 3.05) is 36.4 Å². The molecular weight excluding hydrogens is 338 g/mol. The van der Waals surface area contributed by atoms with Gasteiger partial charge in [-0.25, -0.2) is 4.79 Å². The molecule has 1 N–H and O–H groups in total. The molecule has 0 atom stereocenters. The minimum absolute atomic E-state index is 0.0282. The molecule has 0 aromatic heterocycles. The van der Waals surface area contributed by atoms with E-state index in [9.17, 15) is 4.79 Å².